The van der Waals surface area contributed by atoms with Gasteiger partial charge in [0.25, 0.3) is 0 Å². The SMILES string of the molecule is CO.CO.ClC(Cl)Cl. The van der Waals surface area contributed by atoms with Crippen molar-refractivity contribution in [2.45, 2.75) is 4.30 Å². The monoisotopic (exact) mass is 182 g/mol. The molecule has 0 heterocycles. The molecule has 2 N–H and O–H groups in total. The van der Waals surface area contributed by atoms with Crippen molar-refractivity contribution in [3.63, 3.8) is 0 Å². The van der Waals surface area contributed by atoms with Gasteiger partial charge in [0.1, 0.15) is 0 Å². The summed E-state index contributed by atoms with van der Waals surface area (Å²) in [5.41, 5.74) is 0. The van der Waals surface area contributed by atoms with Crippen LogP contribution in [0.25, 0.3) is 0 Å². The molecule has 54 valence electrons. The van der Waals surface area contributed by atoms with Crippen LogP contribution in [-0.2, 0) is 0 Å². The molecular formula is C3H9Cl3O2. The molecule has 0 aromatic carbocycles. The third-order valence-electron chi connectivity index (χ3n) is 0. The Kier molecular flexibility index (Phi) is 49.7. The average Bonchev–Trinajstić information content (AvgIpc) is 1.75. The number of hydrogen-bond acceptors (Lipinski definition) is 2. The summed E-state index contributed by atoms with van der Waals surface area (Å²) in [6, 6.07) is 0. The van der Waals surface area contributed by atoms with Crippen LogP contribution in [0.15, 0.2) is 0 Å². The first-order chi connectivity index (χ1) is 3.73. The summed E-state index contributed by atoms with van der Waals surface area (Å²) in [7, 11) is 2.00. The van der Waals surface area contributed by atoms with Gasteiger partial charge in [-0.2, -0.15) is 0 Å². The molecule has 0 unspecified atom stereocenters. The summed E-state index contributed by atoms with van der Waals surface area (Å²) in [6.45, 7) is 0. The van der Waals surface area contributed by atoms with E-state index in [1.807, 2.05) is 0 Å². The molecule has 0 saturated heterocycles. The van der Waals surface area contributed by atoms with E-state index in [0.29, 0.717) is 0 Å². The number of aliphatic hydroxyl groups excluding tert-OH is 2. The molecule has 0 fully saturated rings. The summed E-state index contributed by atoms with van der Waals surface area (Å²) < 4.78 is -0.750. The molecule has 0 radical (unpaired) electrons. The van der Waals surface area contributed by atoms with Crippen LogP contribution in [0, 0.1) is 0 Å². The van der Waals surface area contributed by atoms with Crippen molar-refractivity contribution in [2.75, 3.05) is 14.2 Å². The van der Waals surface area contributed by atoms with Crippen LogP contribution in [-0.4, -0.2) is 28.7 Å². The van der Waals surface area contributed by atoms with E-state index in [1.165, 1.54) is 0 Å². The van der Waals surface area contributed by atoms with Crippen LogP contribution < -0.4 is 0 Å². The largest absolute Gasteiger partial charge is 0.400 e. The molecule has 0 amide bonds. The average molecular weight is 183 g/mol. The number of aliphatic hydroxyl groups is 2. The summed E-state index contributed by atoms with van der Waals surface area (Å²) in [5.74, 6) is 0. The fraction of sp³-hybridized carbons (Fsp3) is 1.00. The topological polar surface area (TPSA) is 40.5 Å². The van der Waals surface area contributed by atoms with Gasteiger partial charge in [-0.15, -0.1) is 0 Å². The highest BCUT2D eigenvalue weighted by atomic mass is 35.6. The zero-order valence-electron chi connectivity index (χ0n) is 4.61. The molecule has 0 aliphatic rings. The predicted molar refractivity (Wildman–Crippen MR) is 37.6 cm³/mol. The Morgan fingerprint density at radius 3 is 0.875 bits per heavy atom. The molecule has 8 heavy (non-hydrogen) atoms. The number of rotatable bonds is 0. The minimum Gasteiger partial charge on any atom is -0.400 e. The van der Waals surface area contributed by atoms with Crippen LogP contribution in [0.1, 0.15) is 0 Å². The van der Waals surface area contributed by atoms with E-state index < -0.39 is 4.30 Å². The highest BCUT2D eigenvalue weighted by Gasteiger charge is 1.78. The standard InChI is InChI=1S/CHCl3.2CH4O/c2-1(3)4;2*1-2/h1H;2*2H,1H3. The van der Waals surface area contributed by atoms with Crippen molar-refractivity contribution in [1.29, 1.82) is 0 Å². The van der Waals surface area contributed by atoms with Gasteiger partial charge in [-0.25, -0.2) is 0 Å². The Bertz CT molecular complexity index is 17.2. The lowest BCUT2D eigenvalue weighted by molar-refractivity contribution is 0.399. The van der Waals surface area contributed by atoms with E-state index in [0.717, 1.165) is 14.2 Å². The van der Waals surface area contributed by atoms with E-state index in [1.54, 1.807) is 0 Å². The van der Waals surface area contributed by atoms with E-state index >= 15 is 0 Å². The van der Waals surface area contributed by atoms with E-state index in [2.05, 4.69) is 0 Å². The highest BCUT2D eigenvalue weighted by Crippen LogP contribution is 2.03. The van der Waals surface area contributed by atoms with Gasteiger partial charge in [0, 0.05) is 14.2 Å². The van der Waals surface area contributed by atoms with Crippen molar-refractivity contribution in [3.05, 3.63) is 0 Å². The van der Waals surface area contributed by atoms with E-state index in [4.69, 9.17) is 45.0 Å². The van der Waals surface area contributed by atoms with Crippen molar-refractivity contribution >= 4 is 34.8 Å². The van der Waals surface area contributed by atoms with Crippen LogP contribution in [0.5, 0.6) is 0 Å². The molecule has 2 nitrogen and oxygen atoms in total. The van der Waals surface area contributed by atoms with Gasteiger partial charge in [-0.1, -0.05) is 34.8 Å². The predicted octanol–water partition coefficient (Wildman–Crippen LogP) is 1.20. The van der Waals surface area contributed by atoms with Gasteiger partial charge in [-0.3, -0.25) is 0 Å². The van der Waals surface area contributed by atoms with Crippen molar-refractivity contribution in [3.8, 4) is 0 Å². The maximum atomic E-state index is 7.00. The number of halogens is 3. The Morgan fingerprint density at radius 1 is 0.875 bits per heavy atom. The fourth-order valence-corrected chi connectivity index (χ4v) is 0. The zero-order valence-corrected chi connectivity index (χ0v) is 6.87. The Labute approximate surface area is 64.0 Å². The first kappa shape index (κ1) is 15.9. The molecular weight excluding hydrogens is 174 g/mol. The Hall–Kier alpha value is 0.790. The van der Waals surface area contributed by atoms with Gasteiger partial charge >= 0.3 is 0 Å². The maximum Gasteiger partial charge on any atom is 0.180 e. The maximum absolute atomic E-state index is 7.00. The Morgan fingerprint density at radius 2 is 0.875 bits per heavy atom. The highest BCUT2D eigenvalue weighted by molar-refractivity contribution is 6.63. The number of alkyl halides is 3. The third-order valence-corrected chi connectivity index (χ3v) is 0. The quantitative estimate of drug-likeness (QED) is 0.554. The first-order valence-corrected chi connectivity index (χ1v) is 2.86. The lowest BCUT2D eigenvalue weighted by Gasteiger charge is -1.69. The summed E-state index contributed by atoms with van der Waals surface area (Å²) in [4.78, 5) is 0. The molecule has 0 aliphatic heterocycles. The van der Waals surface area contributed by atoms with Crippen molar-refractivity contribution in [2.24, 2.45) is 0 Å². The zero-order chi connectivity index (χ0) is 7.58. The van der Waals surface area contributed by atoms with Crippen LogP contribution in [0.3, 0.4) is 0 Å². The van der Waals surface area contributed by atoms with E-state index in [-0.39, 0.29) is 0 Å². The second kappa shape index (κ2) is 25.0. The minimum atomic E-state index is -0.750. The summed E-state index contributed by atoms with van der Waals surface area (Å²) in [6.07, 6.45) is 0. The van der Waals surface area contributed by atoms with Crippen LogP contribution >= 0.6 is 34.8 Å². The van der Waals surface area contributed by atoms with Gasteiger partial charge in [0.05, 0.1) is 0 Å². The van der Waals surface area contributed by atoms with Crippen LogP contribution in [0.2, 0.25) is 0 Å². The normalized spacial score (nSPS) is 6.00. The van der Waals surface area contributed by atoms with E-state index in [9.17, 15) is 0 Å². The molecule has 5 heteroatoms. The van der Waals surface area contributed by atoms with Crippen molar-refractivity contribution in [1.82, 2.24) is 0 Å². The lowest BCUT2D eigenvalue weighted by Crippen LogP contribution is -1.55. The molecule has 0 aliphatic carbocycles. The molecule has 0 bridgehead atoms. The lowest BCUT2D eigenvalue weighted by atomic mass is 11.8. The molecule has 0 atom stereocenters. The molecule has 0 spiro atoms. The fourth-order valence-electron chi connectivity index (χ4n) is 0. The Balaban J connectivity index is -0.0000000542. The first-order valence-electron chi connectivity index (χ1n) is 1.55. The molecule has 0 rings (SSSR count). The van der Waals surface area contributed by atoms with Crippen molar-refractivity contribution < 1.29 is 10.2 Å². The summed E-state index contributed by atoms with van der Waals surface area (Å²) in [5, 5.41) is 14.0. The van der Waals surface area contributed by atoms with Crippen LogP contribution in [0.4, 0.5) is 0 Å². The summed E-state index contributed by atoms with van der Waals surface area (Å²) >= 11 is 14.4. The van der Waals surface area contributed by atoms with Gasteiger partial charge in [-0.05, 0) is 0 Å². The third kappa shape index (κ3) is 365. The molecule has 0 aromatic heterocycles. The number of hydrogen-bond donors (Lipinski definition) is 2. The van der Waals surface area contributed by atoms with Gasteiger partial charge < -0.3 is 10.2 Å². The second-order valence-electron chi connectivity index (χ2n) is 0.247. The van der Waals surface area contributed by atoms with Gasteiger partial charge in [0.2, 0.25) is 0 Å². The smallest absolute Gasteiger partial charge is 0.180 e. The molecule has 0 aromatic rings. The van der Waals surface area contributed by atoms with Gasteiger partial charge in [0.15, 0.2) is 4.30 Å². The minimum absolute atomic E-state index is 0.750. The second-order valence-corrected chi connectivity index (χ2v) is 2.23. The molecule has 0 saturated carbocycles.